The molecule has 0 aliphatic carbocycles. The molecule has 0 rings (SSSR count). The fourth-order valence-corrected chi connectivity index (χ4v) is 0.527. The monoisotopic (exact) mass is 148 g/mol. The number of ether oxygens (including phenoxy) is 1. The molecule has 52 valence electrons. The summed E-state index contributed by atoms with van der Waals surface area (Å²) in [5, 5.41) is 0. The molecule has 0 spiro atoms. The van der Waals surface area contributed by atoms with Crippen LogP contribution in [0, 0.1) is 0 Å². The highest BCUT2D eigenvalue weighted by molar-refractivity contribution is 7.78. The molecule has 0 fully saturated rings. The van der Waals surface area contributed by atoms with Crippen LogP contribution in [0.2, 0.25) is 0 Å². The molecule has 0 aromatic carbocycles. The third kappa shape index (κ3) is 3.09. The van der Waals surface area contributed by atoms with Gasteiger partial charge in [-0.1, -0.05) is 6.58 Å². The zero-order valence-corrected chi connectivity index (χ0v) is 6.35. The normalized spacial score (nSPS) is 10.4. The summed E-state index contributed by atoms with van der Waals surface area (Å²) in [5.74, 6) is 0. The minimum atomic E-state index is -2.71. The number of carbonyl (C=O) groups excluding carboxylic acids is 1. The smallest absolute Gasteiger partial charge is 0.368 e. The van der Waals surface area contributed by atoms with Gasteiger partial charge in [-0.05, 0) is 13.3 Å². The molecule has 3 nitrogen and oxygen atoms in total. The molecule has 0 radical (unpaired) electrons. The molecule has 0 heterocycles. The predicted molar refractivity (Wildman–Crippen MR) is 36.1 cm³/mol. The predicted octanol–water partition coefficient (Wildman–Crippen LogP) is 1.89. The Kier molecular flexibility index (Phi) is 2.65. The summed E-state index contributed by atoms with van der Waals surface area (Å²) < 4.78 is 15.1. The SMILES string of the molecule is C=COC(=O)P(C)(C)=O. The van der Waals surface area contributed by atoms with Gasteiger partial charge in [0.2, 0.25) is 0 Å². The van der Waals surface area contributed by atoms with Gasteiger partial charge in [0.1, 0.15) is 0 Å². The van der Waals surface area contributed by atoms with E-state index >= 15 is 0 Å². The van der Waals surface area contributed by atoms with E-state index < -0.39 is 12.9 Å². The standard InChI is InChI=1S/C5H9O3P/c1-4-8-5(6)9(2,3)7/h4H,1H2,2-3H3. The molecule has 9 heavy (non-hydrogen) atoms. The van der Waals surface area contributed by atoms with E-state index in [0.717, 1.165) is 6.26 Å². The Morgan fingerprint density at radius 3 is 2.22 bits per heavy atom. The van der Waals surface area contributed by atoms with Gasteiger partial charge >= 0.3 is 5.71 Å². The van der Waals surface area contributed by atoms with E-state index in [-0.39, 0.29) is 0 Å². The van der Waals surface area contributed by atoms with E-state index in [1.54, 1.807) is 0 Å². The molecule has 0 aliphatic rings. The topological polar surface area (TPSA) is 43.4 Å². The number of rotatable bonds is 2. The molecule has 4 heteroatoms. The van der Waals surface area contributed by atoms with E-state index in [4.69, 9.17) is 0 Å². The fourth-order valence-electron chi connectivity index (χ4n) is 0.198. The molecule has 0 aromatic rings. The van der Waals surface area contributed by atoms with Crippen LogP contribution in [0.25, 0.3) is 0 Å². The summed E-state index contributed by atoms with van der Waals surface area (Å²) in [5.41, 5.74) is -0.697. The molecule has 0 atom stereocenters. The summed E-state index contributed by atoms with van der Waals surface area (Å²) in [6.07, 6.45) is 0.974. The van der Waals surface area contributed by atoms with Crippen molar-refractivity contribution in [2.24, 2.45) is 0 Å². The molecule has 0 bridgehead atoms. The van der Waals surface area contributed by atoms with Crippen LogP contribution in [0.5, 0.6) is 0 Å². The zero-order chi connectivity index (χ0) is 7.49. The van der Waals surface area contributed by atoms with Crippen LogP contribution < -0.4 is 0 Å². The lowest BCUT2D eigenvalue weighted by Crippen LogP contribution is -1.95. The van der Waals surface area contributed by atoms with E-state index in [1.165, 1.54) is 13.3 Å². The molecular formula is C5H9O3P. The third-order valence-corrected chi connectivity index (χ3v) is 1.61. The van der Waals surface area contributed by atoms with Crippen molar-refractivity contribution >= 4 is 12.9 Å². The van der Waals surface area contributed by atoms with Gasteiger partial charge in [-0.25, -0.2) is 4.79 Å². The largest absolute Gasteiger partial charge is 0.430 e. The second-order valence-corrected chi connectivity index (χ2v) is 4.97. The average Bonchev–Trinajstić information content (AvgIpc) is 1.64. The summed E-state index contributed by atoms with van der Waals surface area (Å²) >= 11 is 0. The Balaban J connectivity index is 4.06. The summed E-state index contributed by atoms with van der Waals surface area (Å²) in [7, 11) is -2.71. The zero-order valence-electron chi connectivity index (χ0n) is 5.46. The quantitative estimate of drug-likeness (QED) is 0.443. The lowest BCUT2D eigenvalue weighted by Gasteiger charge is -2.00. The second kappa shape index (κ2) is 2.83. The van der Waals surface area contributed by atoms with Gasteiger partial charge in [0.25, 0.3) is 0 Å². The first-order valence-corrected chi connectivity index (χ1v) is 4.95. The van der Waals surface area contributed by atoms with E-state index in [0.29, 0.717) is 0 Å². The van der Waals surface area contributed by atoms with Gasteiger partial charge in [-0.2, -0.15) is 0 Å². The van der Waals surface area contributed by atoms with Crippen LogP contribution in [-0.2, 0) is 9.30 Å². The van der Waals surface area contributed by atoms with Crippen molar-refractivity contribution in [2.45, 2.75) is 0 Å². The minimum absolute atomic E-state index is 0.697. The Labute approximate surface area is 54.1 Å². The first-order valence-electron chi connectivity index (χ1n) is 2.35. The third-order valence-electron chi connectivity index (χ3n) is 0.624. The number of hydrogen-bond acceptors (Lipinski definition) is 3. The van der Waals surface area contributed by atoms with Crippen LogP contribution in [0.3, 0.4) is 0 Å². The highest BCUT2D eigenvalue weighted by atomic mass is 31.2. The molecule has 0 saturated heterocycles. The van der Waals surface area contributed by atoms with Gasteiger partial charge < -0.3 is 9.30 Å². The maximum absolute atomic E-state index is 10.8. The van der Waals surface area contributed by atoms with Crippen LogP contribution in [0.15, 0.2) is 12.8 Å². The first kappa shape index (κ1) is 8.44. The van der Waals surface area contributed by atoms with Crippen molar-refractivity contribution in [3.8, 4) is 0 Å². The van der Waals surface area contributed by atoms with Crippen LogP contribution in [0.4, 0.5) is 4.79 Å². The van der Waals surface area contributed by atoms with Gasteiger partial charge in [0.15, 0.2) is 7.14 Å². The Bertz CT molecular complexity index is 167. The van der Waals surface area contributed by atoms with Crippen molar-refractivity contribution in [2.75, 3.05) is 13.3 Å². The molecular weight excluding hydrogens is 139 g/mol. The molecule has 0 saturated carbocycles. The average molecular weight is 148 g/mol. The van der Waals surface area contributed by atoms with Crippen LogP contribution in [0.1, 0.15) is 0 Å². The van der Waals surface area contributed by atoms with E-state index in [2.05, 4.69) is 11.3 Å². The lowest BCUT2D eigenvalue weighted by molar-refractivity contribution is 0.211. The van der Waals surface area contributed by atoms with Gasteiger partial charge in [0, 0.05) is 0 Å². The Hall–Kier alpha value is -0.560. The van der Waals surface area contributed by atoms with Crippen molar-refractivity contribution in [1.29, 1.82) is 0 Å². The van der Waals surface area contributed by atoms with Crippen molar-refractivity contribution in [3.63, 3.8) is 0 Å². The molecule has 0 amide bonds. The van der Waals surface area contributed by atoms with Gasteiger partial charge in [0.05, 0.1) is 6.26 Å². The Morgan fingerprint density at radius 2 is 2.11 bits per heavy atom. The highest BCUT2D eigenvalue weighted by Crippen LogP contribution is 2.38. The summed E-state index contributed by atoms with van der Waals surface area (Å²) in [6.45, 7) is 5.84. The maximum Gasteiger partial charge on any atom is 0.368 e. The van der Waals surface area contributed by atoms with Gasteiger partial charge in [-0.15, -0.1) is 0 Å². The summed E-state index contributed by atoms with van der Waals surface area (Å²) in [4.78, 5) is 10.5. The lowest BCUT2D eigenvalue weighted by atomic mass is 11.1. The molecule has 0 aromatic heterocycles. The van der Waals surface area contributed by atoms with Crippen LogP contribution >= 0.6 is 7.14 Å². The Morgan fingerprint density at radius 1 is 1.67 bits per heavy atom. The molecule has 0 aliphatic heterocycles. The van der Waals surface area contributed by atoms with Crippen molar-refractivity contribution < 1.29 is 14.1 Å². The van der Waals surface area contributed by atoms with E-state index in [1.807, 2.05) is 0 Å². The molecule has 0 N–H and O–H groups in total. The van der Waals surface area contributed by atoms with Crippen molar-refractivity contribution in [3.05, 3.63) is 12.8 Å². The van der Waals surface area contributed by atoms with Crippen molar-refractivity contribution in [1.82, 2.24) is 0 Å². The first-order chi connectivity index (χ1) is 3.98. The number of hydrogen-bond donors (Lipinski definition) is 0. The fraction of sp³-hybridized carbons (Fsp3) is 0.400. The van der Waals surface area contributed by atoms with Gasteiger partial charge in [-0.3, -0.25) is 0 Å². The number of carbonyl (C=O) groups is 1. The minimum Gasteiger partial charge on any atom is -0.430 e. The summed E-state index contributed by atoms with van der Waals surface area (Å²) in [6, 6.07) is 0. The molecule has 0 unspecified atom stereocenters. The second-order valence-electron chi connectivity index (χ2n) is 1.90. The highest BCUT2D eigenvalue weighted by Gasteiger charge is 2.19. The van der Waals surface area contributed by atoms with Crippen LogP contribution in [-0.4, -0.2) is 19.0 Å². The maximum atomic E-state index is 10.8. The van der Waals surface area contributed by atoms with E-state index in [9.17, 15) is 9.36 Å².